The van der Waals surface area contributed by atoms with Crippen LogP contribution in [0.5, 0.6) is 0 Å². The molecule has 2 aromatic carbocycles. The van der Waals surface area contributed by atoms with Gasteiger partial charge in [-0.05, 0) is 69.5 Å². The molecule has 0 aliphatic carbocycles. The maximum Gasteiger partial charge on any atom is 0.244 e. The van der Waals surface area contributed by atoms with E-state index in [4.69, 9.17) is 23.2 Å². The van der Waals surface area contributed by atoms with Crippen molar-refractivity contribution in [3.05, 3.63) is 63.6 Å². The van der Waals surface area contributed by atoms with Crippen LogP contribution in [0.15, 0.2) is 42.5 Å². The molecule has 192 valence electrons. The Morgan fingerprint density at radius 3 is 2.11 bits per heavy atom. The normalized spacial score (nSPS) is 12.7. The van der Waals surface area contributed by atoms with E-state index in [0.29, 0.717) is 27.7 Å². The van der Waals surface area contributed by atoms with Crippen LogP contribution < -0.4 is 9.62 Å². The molecule has 0 heterocycles. The van der Waals surface area contributed by atoms with E-state index in [9.17, 15) is 18.0 Å². The van der Waals surface area contributed by atoms with Gasteiger partial charge in [0.05, 0.1) is 11.9 Å². The molecule has 0 fully saturated rings. The number of halogens is 2. The monoisotopic (exact) mass is 541 g/mol. The van der Waals surface area contributed by atoms with E-state index < -0.39 is 34.1 Å². The molecule has 0 aliphatic heterocycles. The van der Waals surface area contributed by atoms with Gasteiger partial charge in [0.2, 0.25) is 21.8 Å². The van der Waals surface area contributed by atoms with E-state index in [1.54, 1.807) is 43.3 Å². The minimum Gasteiger partial charge on any atom is -0.350 e. The van der Waals surface area contributed by atoms with Crippen LogP contribution in [-0.4, -0.2) is 49.5 Å². The van der Waals surface area contributed by atoms with Gasteiger partial charge in [0.1, 0.15) is 12.6 Å². The van der Waals surface area contributed by atoms with E-state index >= 15 is 0 Å². The van der Waals surface area contributed by atoms with Gasteiger partial charge in [0, 0.05) is 22.1 Å². The Bertz CT molecular complexity index is 1160. The molecule has 2 aromatic rings. The molecule has 0 aliphatic rings. The van der Waals surface area contributed by atoms with Crippen LogP contribution in [0, 0.1) is 6.92 Å². The Balaban J connectivity index is 2.49. The van der Waals surface area contributed by atoms with Gasteiger partial charge in [-0.25, -0.2) is 8.42 Å². The van der Waals surface area contributed by atoms with E-state index in [0.717, 1.165) is 16.1 Å². The molecule has 2 rings (SSSR count). The first-order valence-electron chi connectivity index (χ1n) is 11.2. The van der Waals surface area contributed by atoms with Crippen molar-refractivity contribution in [1.82, 2.24) is 10.2 Å². The number of rotatable bonds is 9. The van der Waals surface area contributed by atoms with Crippen molar-refractivity contribution in [3.63, 3.8) is 0 Å². The number of aryl methyl sites for hydroxylation is 1. The van der Waals surface area contributed by atoms with Crippen molar-refractivity contribution in [3.8, 4) is 0 Å². The summed E-state index contributed by atoms with van der Waals surface area (Å²) in [6.07, 6.45) is 1.38. The molecule has 0 radical (unpaired) electrons. The maximum atomic E-state index is 13.7. The largest absolute Gasteiger partial charge is 0.350 e. The number of sulfonamides is 1. The summed E-state index contributed by atoms with van der Waals surface area (Å²) in [6, 6.07) is 11.0. The summed E-state index contributed by atoms with van der Waals surface area (Å²) in [5.41, 5.74) is 1.21. The highest BCUT2D eigenvalue weighted by atomic mass is 35.5. The predicted octanol–water partition coefficient (Wildman–Crippen LogP) is 4.79. The number of anilines is 1. The van der Waals surface area contributed by atoms with Crippen LogP contribution in [0.25, 0.3) is 0 Å². The highest BCUT2D eigenvalue weighted by Crippen LogP contribution is 2.27. The second-order valence-electron chi connectivity index (χ2n) is 9.51. The predicted molar refractivity (Wildman–Crippen MR) is 142 cm³/mol. The fourth-order valence-corrected chi connectivity index (χ4v) is 4.80. The molecule has 10 heteroatoms. The first kappa shape index (κ1) is 28.9. The number of carbonyl (C=O) groups is 2. The van der Waals surface area contributed by atoms with Crippen LogP contribution >= 0.6 is 23.2 Å². The molecule has 1 N–H and O–H groups in total. The number of nitrogens with one attached hydrogen (secondary N) is 1. The number of nitrogens with zero attached hydrogens (tertiary/aromatic N) is 2. The highest BCUT2D eigenvalue weighted by Gasteiger charge is 2.33. The number of amides is 2. The van der Waals surface area contributed by atoms with Crippen molar-refractivity contribution in [1.29, 1.82) is 0 Å². The number of benzene rings is 2. The SMILES string of the molecule is CCC(C(=O)NC(C)(C)C)N(Cc1ccc(Cl)cc1)C(=O)CN(c1cc(Cl)ccc1C)S(C)(=O)=O. The van der Waals surface area contributed by atoms with Gasteiger partial charge in [0.25, 0.3) is 0 Å². The quantitative estimate of drug-likeness (QED) is 0.494. The minimum absolute atomic E-state index is 0.109. The lowest BCUT2D eigenvalue weighted by molar-refractivity contribution is -0.141. The maximum absolute atomic E-state index is 13.7. The van der Waals surface area contributed by atoms with Gasteiger partial charge in [-0.1, -0.05) is 48.3 Å². The Labute approximate surface area is 218 Å². The highest BCUT2D eigenvalue weighted by molar-refractivity contribution is 7.92. The first-order valence-corrected chi connectivity index (χ1v) is 13.8. The number of carbonyl (C=O) groups excluding carboxylic acids is 2. The molecule has 0 spiro atoms. The fourth-order valence-electron chi connectivity index (χ4n) is 3.60. The Morgan fingerprint density at radius 2 is 1.60 bits per heavy atom. The van der Waals surface area contributed by atoms with Gasteiger partial charge in [0.15, 0.2) is 0 Å². The van der Waals surface area contributed by atoms with Crippen LogP contribution in [0.4, 0.5) is 5.69 Å². The summed E-state index contributed by atoms with van der Waals surface area (Å²) in [6.45, 7) is 8.75. The van der Waals surface area contributed by atoms with Gasteiger partial charge in [-0.15, -0.1) is 0 Å². The zero-order valence-corrected chi connectivity index (χ0v) is 23.3. The van der Waals surface area contributed by atoms with Gasteiger partial charge in [-0.3, -0.25) is 13.9 Å². The average molecular weight is 543 g/mol. The number of hydrogen-bond acceptors (Lipinski definition) is 4. The van der Waals surface area contributed by atoms with E-state index in [-0.39, 0.29) is 12.5 Å². The topological polar surface area (TPSA) is 86.8 Å². The lowest BCUT2D eigenvalue weighted by Crippen LogP contribution is -2.55. The van der Waals surface area contributed by atoms with Crippen molar-refractivity contribution in [2.75, 3.05) is 17.1 Å². The Morgan fingerprint density at radius 1 is 1.03 bits per heavy atom. The Kier molecular flexibility index (Phi) is 9.62. The molecule has 0 saturated heterocycles. The molecular weight excluding hydrogens is 509 g/mol. The van der Waals surface area contributed by atoms with Crippen molar-refractivity contribution in [2.24, 2.45) is 0 Å². The van der Waals surface area contributed by atoms with Gasteiger partial charge >= 0.3 is 0 Å². The molecule has 0 aromatic heterocycles. The third-order valence-electron chi connectivity index (χ3n) is 5.27. The summed E-state index contributed by atoms with van der Waals surface area (Å²) in [5, 5.41) is 3.82. The zero-order valence-electron chi connectivity index (χ0n) is 20.9. The summed E-state index contributed by atoms with van der Waals surface area (Å²) in [5.74, 6) is -0.826. The van der Waals surface area contributed by atoms with E-state index in [1.165, 1.54) is 11.0 Å². The van der Waals surface area contributed by atoms with Crippen LogP contribution in [-0.2, 0) is 26.2 Å². The molecule has 35 heavy (non-hydrogen) atoms. The second kappa shape index (κ2) is 11.6. The second-order valence-corrected chi connectivity index (χ2v) is 12.3. The molecular formula is C25H33Cl2N3O4S. The summed E-state index contributed by atoms with van der Waals surface area (Å²) < 4.78 is 26.5. The van der Waals surface area contributed by atoms with E-state index in [2.05, 4.69) is 5.32 Å². The molecule has 0 bridgehead atoms. The van der Waals surface area contributed by atoms with Crippen molar-refractivity contribution < 1.29 is 18.0 Å². The van der Waals surface area contributed by atoms with Gasteiger partial charge in [-0.2, -0.15) is 0 Å². The summed E-state index contributed by atoms with van der Waals surface area (Å²) >= 11 is 12.1. The van der Waals surface area contributed by atoms with Crippen LogP contribution in [0.3, 0.4) is 0 Å². The minimum atomic E-state index is -3.84. The molecule has 1 unspecified atom stereocenters. The molecule has 1 atom stereocenters. The van der Waals surface area contributed by atoms with Crippen LogP contribution in [0.2, 0.25) is 10.0 Å². The van der Waals surface area contributed by atoms with Crippen molar-refractivity contribution >= 4 is 50.7 Å². The third-order valence-corrected chi connectivity index (χ3v) is 6.88. The van der Waals surface area contributed by atoms with E-state index in [1.807, 2.05) is 27.7 Å². The fraction of sp³-hybridized carbons (Fsp3) is 0.440. The lowest BCUT2D eigenvalue weighted by atomic mass is 10.1. The Hall–Kier alpha value is -2.29. The summed E-state index contributed by atoms with van der Waals surface area (Å²) in [7, 11) is -3.84. The van der Waals surface area contributed by atoms with Crippen molar-refractivity contribution in [2.45, 2.75) is 59.2 Å². The third kappa shape index (κ3) is 8.40. The summed E-state index contributed by atoms with van der Waals surface area (Å²) in [4.78, 5) is 28.3. The lowest BCUT2D eigenvalue weighted by Gasteiger charge is -2.34. The zero-order chi connectivity index (χ0) is 26.6. The average Bonchev–Trinajstić information content (AvgIpc) is 2.73. The smallest absolute Gasteiger partial charge is 0.244 e. The van der Waals surface area contributed by atoms with Gasteiger partial charge < -0.3 is 10.2 Å². The van der Waals surface area contributed by atoms with Crippen LogP contribution in [0.1, 0.15) is 45.2 Å². The molecule has 7 nitrogen and oxygen atoms in total. The standard InChI is InChI=1S/C25H33Cl2N3O4S/c1-7-21(24(32)28-25(3,4)5)29(15-18-9-12-19(26)13-10-18)23(31)16-30(35(6,33)34)22-14-20(27)11-8-17(22)2/h8-14,21H,7,15-16H2,1-6H3,(H,28,32). The number of hydrogen-bond donors (Lipinski definition) is 1. The molecule has 0 saturated carbocycles. The molecule has 2 amide bonds. The first-order chi connectivity index (χ1) is 16.1.